The van der Waals surface area contributed by atoms with Gasteiger partial charge in [0.2, 0.25) is 5.76 Å². The van der Waals surface area contributed by atoms with Crippen molar-refractivity contribution >= 4 is 29.0 Å². The predicted molar refractivity (Wildman–Crippen MR) is 78.8 cm³/mol. The second-order valence-corrected chi connectivity index (χ2v) is 5.12. The standard InChI is InChI=1S/C14H10Cl2N2O2/c1-7-5-6-19-12(7)13-11(14(17)18-20-13)10-8(15)3-2-4-9(10)16/h2-6H,1H3,(H2,17,18). The lowest BCUT2D eigenvalue weighted by Gasteiger charge is -2.06. The van der Waals surface area contributed by atoms with Crippen molar-refractivity contribution in [3.05, 3.63) is 46.1 Å². The molecule has 3 aromatic rings. The second kappa shape index (κ2) is 4.89. The van der Waals surface area contributed by atoms with Gasteiger partial charge in [-0.05, 0) is 30.7 Å². The molecule has 0 saturated carbocycles. The van der Waals surface area contributed by atoms with Crippen molar-refractivity contribution in [1.29, 1.82) is 0 Å². The van der Waals surface area contributed by atoms with E-state index in [9.17, 15) is 0 Å². The van der Waals surface area contributed by atoms with Crippen LogP contribution in [-0.2, 0) is 0 Å². The average molecular weight is 309 g/mol. The molecule has 2 heterocycles. The van der Waals surface area contributed by atoms with Crippen molar-refractivity contribution in [3.8, 4) is 22.6 Å². The predicted octanol–water partition coefficient (Wildman–Crippen LogP) is 4.80. The summed E-state index contributed by atoms with van der Waals surface area (Å²) < 4.78 is 10.7. The first-order valence-corrected chi connectivity index (χ1v) is 6.59. The summed E-state index contributed by atoms with van der Waals surface area (Å²) in [6.45, 7) is 1.90. The van der Waals surface area contributed by atoms with Crippen LogP contribution in [0.5, 0.6) is 0 Å². The molecule has 0 aliphatic heterocycles. The number of aromatic nitrogens is 1. The Kier molecular flexibility index (Phi) is 3.20. The van der Waals surface area contributed by atoms with Crippen molar-refractivity contribution in [2.75, 3.05) is 5.73 Å². The van der Waals surface area contributed by atoms with Gasteiger partial charge in [-0.15, -0.1) is 0 Å². The quantitative estimate of drug-likeness (QED) is 0.738. The summed E-state index contributed by atoms with van der Waals surface area (Å²) in [6.07, 6.45) is 1.57. The van der Waals surface area contributed by atoms with Gasteiger partial charge in [-0.2, -0.15) is 0 Å². The number of nitrogens with zero attached hydrogens (tertiary/aromatic N) is 1. The summed E-state index contributed by atoms with van der Waals surface area (Å²) in [5.41, 5.74) is 7.94. The maximum Gasteiger partial charge on any atom is 0.212 e. The van der Waals surface area contributed by atoms with Crippen LogP contribution >= 0.6 is 23.2 Å². The summed E-state index contributed by atoms with van der Waals surface area (Å²) >= 11 is 12.5. The third-order valence-electron chi connectivity index (χ3n) is 3.00. The molecule has 0 amide bonds. The molecule has 0 aliphatic carbocycles. The number of furan rings is 1. The first kappa shape index (κ1) is 13.1. The lowest BCUT2D eigenvalue weighted by Crippen LogP contribution is -1.90. The van der Waals surface area contributed by atoms with Gasteiger partial charge in [-0.1, -0.05) is 34.4 Å². The summed E-state index contributed by atoms with van der Waals surface area (Å²) in [7, 11) is 0. The monoisotopic (exact) mass is 308 g/mol. The molecule has 0 radical (unpaired) electrons. The number of aryl methyl sites for hydroxylation is 1. The lowest BCUT2D eigenvalue weighted by molar-refractivity contribution is 0.421. The molecular weight excluding hydrogens is 299 g/mol. The van der Waals surface area contributed by atoms with Gasteiger partial charge in [0, 0.05) is 5.56 Å². The molecule has 1 aromatic carbocycles. The van der Waals surface area contributed by atoms with Crippen LogP contribution in [0.25, 0.3) is 22.6 Å². The summed E-state index contributed by atoms with van der Waals surface area (Å²) in [5, 5.41) is 4.74. The fourth-order valence-corrected chi connectivity index (χ4v) is 2.63. The number of hydrogen-bond donors (Lipinski definition) is 1. The van der Waals surface area contributed by atoms with Crippen LogP contribution < -0.4 is 5.73 Å². The van der Waals surface area contributed by atoms with E-state index in [0.717, 1.165) is 5.56 Å². The Balaban J connectivity index is 2.31. The van der Waals surface area contributed by atoms with Gasteiger partial charge < -0.3 is 14.7 Å². The van der Waals surface area contributed by atoms with Gasteiger partial charge in [0.15, 0.2) is 11.6 Å². The highest BCUT2D eigenvalue weighted by atomic mass is 35.5. The summed E-state index contributed by atoms with van der Waals surface area (Å²) in [4.78, 5) is 0. The lowest BCUT2D eigenvalue weighted by atomic mass is 10.0. The molecule has 3 rings (SSSR count). The topological polar surface area (TPSA) is 65.2 Å². The number of halogens is 2. The average Bonchev–Trinajstić information content (AvgIpc) is 2.97. The maximum atomic E-state index is 6.23. The summed E-state index contributed by atoms with van der Waals surface area (Å²) in [6, 6.07) is 7.05. The van der Waals surface area contributed by atoms with Crippen molar-refractivity contribution < 1.29 is 8.94 Å². The van der Waals surface area contributed by atoms with E-state index in [-0.39, 0.29) is 5.82 Å². The van der Waals surface area contributed by atoms with Gasteiger partial charge in [-0.3, -0.25) is 0 Å². The molecule has 2 aromatic heterocycles. The zero-order valence-electron chi connectivity index (χ0n) is 10.5. The first-order valence-electron chi connectivity index (χ1n) is 5.83. The minimum absolute atomic E-state index is 0.214. The molecule has 6 heteroatoms. The van der Waals surface area contributed by atoms with Gasteiger partial charge in [0.05, 0.1) is 21.9 Å². The van der Waals surface area contributed by atoms with E-state index < -0.39 is 0 Å². The van der Waals surface area contributed by atoms with Crippen LogP contribution in [-0.4, -0.2) is 5.16 Å². The normalized spacial score (nSPS) is 10.9. The Hall–Kier alpha value is -1.91. The number of benzene rings is 1. The first-order chi connectivity index (χ1) is 9.59. The SMILES string of the molecule is Cc1ccoc1-c1onc(N)c1-c1c(Cl)cccc1Cl. The van der Waals surface area contributed by atoms with Crippen molar-refractivity contribution in [1.82, 2.24) is 5.16 Å². The molecule has 2 N–H and O–H groups in total. The van der Waals surface area contributed by atoms with Crippen LogP contribution in [0.1, 0.15) is 5.56 Å². The van der Waals surface area contributed by atoms with Crippen LogP contribution in [0.3, 0.4) is 0 Å². The van der Waals surface area contributed by atoms with Crippen LogP contribution in [0, 0.1) is 6.92 Å². The van der Waals surface area contributed by atoms with E-state index in [1.165, 1.54) is 0 Å². The smallest absolute Gasteiger partial charge is 0.212 e. The number of rotatable bonds is 2. The molecule has 4 nitrogen and oxygen atoms in total. The van der Waals surface area contributed by atoms with E-state index >= 15 is 0 Å². The molecule has 20 heavy (non-hydrogen) atoms. The zero-order valence-corrected chi connectivity index (χ0v) is 12.0. The third kappa shape index (κ3) is 1.97. The fourth-order valence-electron chi connectivity index (χ4n) is 2.04. The van der Waals surface area contributed by atoms with E-state index in [0.29, 0.717) is 32.7 Å². The largest absolute Gasteiger partial charge is 0.461 e. The number of nitrogens with two attached hydrogens (primary N) is 1. The molecule has 0 saturated heterocycles. The van der Waals surface area contributed by atoms with Gasteiger partial charge in [0.25, 0.3) is 0 Å². The Morgan fingerprint density at radius 1 is 1.05 bits per heavy atom. The molecule has 102 valence electrons. The van der Waals surface area contributed by atoms with E-state index in [1.807, 2.05) is 13.0 Å². The number of hydrogen-bond acceptors (Lipinski definition) is 4. The van der Waals surface area contributed by atoms with E-state index in [4.69, 9.17) is 37.9 Å². The minimum atomic E-state index is 0.214. The van der Waals surface area contributed by atoms with E-state index in [2.05, 4.69) is 5.16 Å². The van der Waals surface area contributed by atoms with E-state index in [1.54, 1.807) is 24.5 Å². The number of nitrogen functional groups attached to an aromatic ring is 1. The van der Waals surface area contributed by atoms with Crippen LogP contribution in [0.2, 0.25) is 10.0 Å². The molecule has 0 unspecified atom stereocenters. The van der Waals surface area contributed by atoms with Gasteiger partial charge in [0.1, 0.15) is 0 Å². The Morgan fingerprint density at radius 2 is 1.75 bits per heavy atom. The Labute approximate surface area is 125 Å². The number of anilines is 1. The Bertz CT molecular complexity index is 757. The maximum absolute atomic E-state index is 6.23. The highest BCUT2D eigenvalue weighted by molar-refractivity contribution is 6.39. The fraction of sp³-hybridized carbons (Fsp3) is 0.0714. The Morgan fingerprint density at radius 3 is 2.35 bits per heavy atom. The molecule has 0 bridgehead atoms. The highest BCUT2D eigenvalue weighted by Crippen LogP contribution is 2.44. The third-order valence-corrected chi connectivity index (χ3v) is 3.63. The van der Waals surface area contributed by atoms with Gasteiger partial charge >= 0.3 is 0 Å². The van der Waals surface area contributed by atoms with Crippen molar-refractivity contribution in [2.24, 2.45) is 0 Å². The van der Waals surface area contributed by atoms with Crippen molar-refractivity contribution in [3.63, 3.8) is 0 Å². The molecule has 0 fully saturated rings. The highest BCUT2D eigenvalue weighted by Gasteiger charge is 2.24. The summed E-state index contributed by atoms with van der Waals surface area (Å²) in [5.74, 6) is 1.19. The molecule has 0 spiro atoms. The van der Waals surface area contributed by atoms with Gasteiger partial charge in [-0.25, -0.2) is 0 Å². The zero-order chi connectivity index (χ0) is 14.3. The van der Waals surface area contributed by atoms with Crippen molar-refractivity contribution in [2.45, 2.75) is 6.92 Å². The molecular formula is C14H10Cl2N2O2. The second-order valence-electron chi connectivity index (χ2n) is 4.30. The molecule has 0 aliphatic rings. The minimum Gasteiger partial charge on any atom is -0.461 e. The molecule has 0 atom stereocenters. The van der Waals surface area contributed by atoms with Crippen LogP contribution in [0.4, 0.5) is 5.82 Å². The van der Waals surface area contributed by atoms with Crippen LogP contribution in [0.15, 0.2) is 39.5 Å².